The average molecular weight is 463 g/mol. The number of hydrogen-bond acceptors (Lipinski definition) is 6. The van der Waals surface area contributed by atoms with Crippen LogP contribution in [0.1, 0.15) is 73.8 Å². The number of imidazole rings is 1. The average Bonchev–Trinajstić information content (AvgIpc) is 3.42. The molecule has 0 bridgehead atoms. The fourth-order valence-electron chi connectivity index (χ4n) is 5.77. The highest BCUT2D eigenvalue weighted by atomic mass is 16.5. The van der Waals surface area contributed by atoms with Crippen molar-refractivity contribution in [3.05, 3.63) is 40.5 Å². The Morgan fingerprint density at radius 1 is 1.12 bits per heavy atom. The van der Waals surface area contributed by atoms with Gasteiger partial charge in [-0.3, -0.25) is 0 Å². The molecule has 34 heavy (non-hydrogen) atoms. The number of fused-ring (bicyclic) bond motifs is 2. The van der Waals surface area contributed by atoms with Gasteiger partial charge in [-0.25, -0.2) is 15.0 Å². The van der Waals surface area contributed by atoms with Crippen molar-refractivity contribution in [1.82, 2.24) is 24.4 Å². The van der Waals surface area contributed by atoms with E-state index in [-0.39, 0.29) is 0 Å². The Hall–Kier alpha value is -2.67. The van der Waals surface area contributed by atoms with E-state index in [1.54, 1.807) is 0 Å². The second-order valence-corrected chi connectivity index (χ2v) is 9.94. The predicted molar refractivity (Wildman–Crippen MR) is 136 cm³/mol. The highest BCUT2D eigenvalue weighted by molar-refractivity contribution is 5.82. The van der Waals surface area contributed by atoms with Gasteiger partial charge in [0.2, 0.25) is 0 Å². The third-order valence-electron chi connectivity index (χ3n) is 7.63. The van der Waals surface area contributed by atoms with Crippen LogP contribution in [0.5, 0.6) is 5.75 Å². The normalized spacial score (nSPS) is 16.4. The lowest BCUT2D eigenvalue weighted by Crippen LogP contribution is -2.37. The highest BCUT2D eigenvalue weighted by Crippen LogP contribution is 2.30. The molecule has 0 saturated heterocycles. The van der Waals surface area contributed by atoms with Crippen molar-refractivity contribution in [2.24, 2.45) is 0 Å². The molecule has 3 heterocycles. The van der Waals surface area contributed by atoms with Crippen molar-refractivity contribution in [1.29, 1.82) is 0 Å². The molecule has 182 valence electrons. The zero-order chi connectivity index (χ0) is 23.7. The Labute approximate surface area is 202 Å². The van der Waals surface area contributed by atoms with Crippen molar-refractivity contribution >= 4 is 17.0 Å². The van der Waals surface area contributed by atoms with E-state index in [2.05, 4.69) is 40.4 Å². The van der Waals surface area contributed by atoms with E-state index in [1.165, 1.54) is 48.8 Å². The first-order chi connectivity index (χ1) is 16.5. The molecule has 7 heteroatoms. The van der Waals surface area contributed by atoms with Gasteiger partial charge in [0, 0.05) is 32.0 Å². The molecule has 1 fully saturated rings. The molecule has 1 aromatic carbocycles. The number of aryl methyl sites for hydroxylation is 3. The molecule has 0 spiro atoms. The fraction of sp³-hybridized carbons (Fsp3) is 0.593. The van der Waals surface area contributed by atoms with Crippen LogP contribution < -0.4 is 10.5 Å². The molecule has 2 aliphatic rings. The van der Waals surface area contributed by atoms with Crippen molar-refractivity contribution < 1.29 is 4.74 Å². The first-order valence-electron chi connectivity index (χ1n) is 13.0. The largest absolute Gasteiger partial charge is 0.493 e. The molecule has 2 aromatic heterocycles. The monoisotopic (exact) mass is 462 g/mol. The highest BCUT2D eigenvalue weighted by Gasteiger charge is 2.22. The molecular weight excluding hydrogens is 424 g/mol. The molecule has 0 unspecified atom stereocenters. The third kappa shape index (κ3) is 4.63. The summed E-state index contributed by atoms with van der Waals surface area (Å²) in [6.07, 6.45) is 9.64. The minimum Gasteiger partial charge on any atom is -0.493 e. The number of nitrogen functional groups attached to an aromatic ring is 1. The molecule has 2 N–H and O–H groups in total. The molecular formula is C27H38N6O. The van der Waals surface area contributed by atoms with Crippen molar-refractivity contribution in [3.8, 4) is 5.75 Å². The zero-order valence-electron chi connectivity index (χ0n) is 20.9. The van der Waals surface area contributed by atoms with Gasteiger partial charge in [0.25, 0.3) is 0 Å². The van der Waals surface area contributed by atoms with Gasteiger partial charge in [-0.15, -0.1) is 0 Å². The number of nitrogens with zero attached hydrogens (tertiary/aromatic N) is 5. The van der Waals surface area contributed by atoms with Gasteiger partial charge in [0.1, 0.15) is 17.4 Å². The summed E-state index contributed by atoms with van der Waals surface area (Å²) in [6.45, 7) is 10.2. The Kier molecular flexibility index (Phi) is 6.73. The number of hydrogen-bond donors (Lipinski definition) is 1. The summed E-state index contributed by atoms with van der Waals surface area (Å²) in [5.41, 5.74) is 11.7. The lowest BCUT2D eigenvalue weighted by Gasteiger charge is -2.33. The minimum absolute atomic E-state index is 0.471. The van der Waals surface area contributed by atoms with Crippen molar-refractivity contribution in [3.63, 3.8) is 0 Å². The van der Waals surface area contributed by atoms with Crippen LogP contribution in [-0.4, -0.2) is 50.2 Å². The summed E-state index contributed by atoms with van der Waals surface area (Å²) in [7, 11) is 0. The maximum atomic E-state index is 6.28. The van der Waals surface area contributed by atoms with Gasteiger partial charge in [-0.05, 0) is 62.4 Å². The lowest BCUT2D eigenvalue weighted by molar-refractivity contribution is 0.160. The summed E-state index contributed by atoms with van der Waals surface area (Å²) in [5.74, 6) is 3.21. The van der Waals surface area contributed by atoms with E-state index < -0.39 is 0 Å². The maximum Gasteiger partial charge on any atom is 0.165 e. The van der Waals surface area contributed by atoms with E-state index in [1.807, 2.05) is 6.92 Å². The quantitative estimate of drug-likeness (QED) is 0.527. The maximum absolute atomic E-state index is 6.28. The first-order valence-corrected chi connectivity index (χ1v) is 13.0. The van der Waals surface area contributed by atoms with Crippen LogP contribution >= 0.6 is 0 Å². The van der Waals surface area contributed by atoms with Crippen molar-refractivity contribution in [2.45, 2.75) is 84.7 Å². The number of benzene rings is 1. The fourth-order valence-corrected chi connectivity index (χ4v) is 5.77. The summed E-state index contributed by atoms with van der Waals surface area (Å²) in [4.78, 5) is 16.8. The van der Waals surface area contributed by atoms with E-state index in [0.29, 0.717) is 11.6 Å². The smallest absolute Gasteiger partial charge is 0.165 e. The third-order valence-corrected chi connectivity index (χ3v) is 7.63. The van der Waals surface area contributed by atoms with Crippen LogP contribution in [0.25, 0.3) is 11.2 Å². The van der Waals surface area contributed by atoms with E-state index in [9.17, 15) is 0 Å². The van der Waals surface area contributed by atoms with Crippen LogP contribution in [0.15, 0.2) is 12.1 Å². The molecule has 0 radical (unpaired) electrons. The summed E-state index contributed by atoms with van der Waals surface area (Å²) in [5, 5.41) is 0. The van der Waals surface area contributed by atoms with Crippen LogP contribution in [0.4, 0.5) is 5.82 Å². The molecule has 3 aromatic rings. The standard InChI is InChI=1S/C27H38N6O/c1-4-32(22-9-6-5-7-10-22)12-8-13-33-24(31-25-26(28)29-19(3)30-27(25)33)17-21-16-20-11-14-34-23(20)15-18(21)2/h15-16,22H,4-14,17H2,1-3H3,(H2,28,29,30). The summed E-state index contributed by atoms with van der Waals surface area (Å²) >= 11 is 0. The molecule has 0 atom stereocenters. The SMILES string of the molecule is CCN(CCCn1c(Cc2cc3c(cc2C)OCC3)nc2c(N)nc(C)nc21)C1CCCCC1. The van der Waals surface area contributed by atoms with E-state index >= 15 is 0 Å². The predicted octanol–water partition coefficient (Wildman–Crippen LogP) is 4.60. The zero-order valence-corrected chi connectivity index (χ0v) is 20.9. The number of nitrogens with two attached hydrogens (primary N) is 1. The number of anilines is 1. The van der Waals surface area contributed by atoms with Gasteiger partial charge < -0.3 is 19.9 Å². The van der Waals surface area contributed by atoms with Crippen molar-refractivity contribution in [2.75, 3.05) is 25.4 Å². The Morgan fingerprint density at radius 2 is 1.94 bits per heavy atom. The first kappa shape index (κ1) is 23.1. The van der Waals surface area contributed by atoms with Gasteiger partial charge in [0.15, 0.2) is 17.0 Å². The molecule has 5 rings (SSSR count). The van der Waals surface area contributed by atoms with Crippen LogP contribution in [0.2, 0.25) is 0 Å². The topological polar surface area (TPSA) is 82.1 Å². The van der Waals surface area contributed by atoms with Gasteiger partial charge in [-0.2, -0.15) is 0 Å². The van der Waals surface area contributed by atoms with E-state index in [0.717, 1.165) is 74.3 Å². The van der Waals surface area contributed by atoms with E-state index in [4.69, 9.17) is 20.4 Å². The number of aromatic nitrogens is 4. The molecule has 0 amide bonds. The molecule has 7 nitrogen and oxygen atoms in total. The van der Waals surface area contributed by atoms with Gasteiger partial charge in [-0.1, -0.05) is 32.3 Å². The molecule has 1 aliphatic carbocycles. The lowest BCUT2D eigenvalue weighted by atomic mass is 9.94. The second-order valence-electron chi connectivity index (χ2n) is 9.94. The number of ether oxygens (including phenoxy) is 1. The molecule has 1 saturated carbocycles. The molecule has 1 aliphatic heterocycles. The Bertz CT molecular complexity index is 1160. The van der Waals surface area contributed by atoms with Crippen LogP contribution in [0, 0.1) is 13.8 Å². The summed E-state index contributed by atoms with van der Waals surface area (Å²) in [6, 6.07) is 5.21. The second kappa shape index (κ2) is 9.90. The number of rotatable bonds is 8. The Morgan fingerprint density at radius 3 is 2.74 bits per heavy atom. The summed E-state index contributed by atoms with van der Waals surface area (Å²) < 4.78 is 8.05. The van der Waals surface area contributed by atoms with Crippen LogP contribution in [0.3, 0.4) is 0 Å². The van der Waals surface area contributed by atoms with Gasteiger partial charge >= 0.3 is 0 Å². The van der Waals surface area contributed by atoms with Crippen LogP contribution in [-0.2, 0) is 19.4 Å². The minimum atomic E-state index is 0.471. The Balaban J connectivity index is 1.41. The van der Waals surface area contributed by atoms with Gasteiger partial charge in [0.05, 0.1) is 6.61 Å².